The van der Waals surface area contributed by atoms with Crippen LogP contribution in [0.1, 0.15) is 55.1 Å². The minimum Gasteiger partial charge on any atom is -0.337 e. The Hall–Kier alpha value is -4.35. The van der Waals surface area contributed by atoms with E-state index in [9.17, 15) is 22.4 Å². The zero-order valence-corrected chi connectivity index (χ0v) is 22.0. The van der Waals surface area contributed by atoms with Gasteiger partial charge in [-0.2, -0.15) is 13.2 Å². The highest BCUT2D eigenvalue weighted by Gasteiger charge is 2.36. The number of fused-ring (bicyclic) bond motifs is 1. The van der Waals surface area contributed by atoms with Crippen molar-refractivity contribution in [3.63, 3.8) is 0 Å². The van der Waals surface area contributed by atoms with E-state index in [2.05, 4.69) is 25.1 Å². The van der Waals surface area contributed by atoms with Gasteiger partial charge in [-0.15, -0.1) is 10.2 Å². The van der Waals surface area contributed by atoms with Crippen LogP contribution in [0, 0.1) is 11.7 Å². The molecule has 0 radical (unpaired) electrons. The van der Waals surface area contributed by atoms with Gasteiger partial charge in [0.05, 0.1) is 0 Å². The van der Waals surface area contributed by atoms with Crippen LogP contribution in [0.25, 0.3) is 39.4 Å². The van der Waals surface area contributed by atoms with Crippen LogP contribution in [-0.2, 0) is 19.6 Å². The van der Waals surface area contributed by atoms with Crippen LogP contribution < -0.4 is 5.56 Å². The van der Waals surface area contributed by atoms with Gasteiger partial charge in [0.1, 0.15) is 40.4 Å². The number of alkyl halides is 3. The van der Waals surface area contributed by atoms with Crippen LogP contribution >= 0.6 is 0 Å². The van der Waals surface area contributed by atoms with E-state index in [0.717, 1.165) is 42.9 Å². The van der Waals surface area contributed by atoms with Crippen molar-refractivity contribution in [2.45, 2.75) is 50.6 Å². The topological polar surface area (TPSA) is 94.3 Å². The molecule has 5 aromatic rings. The van der Waals surface area contributed by atoms with Gasteiger partial charge in [-0.25, -0.2) is 14.4 Å². The summed E-state index contributed by atoms with van der Waals surface area (Å²) in [6.45, 7) is 0. The van der Waals surface area contributed by atoms with E-state index in [0.29, 0.717) is 46.4 Å². The largest absolute Gasteiger partial charge is 0.419 e. The van der Waals surface area contributed by atoms with Crippen LogP contribution in [0.2, 0.25) is 0 Å². The standard InChI is InChI=1S/C29H25F4N7O/c1-39-14-34-38-27(39)20-12-18(30)7-8-19(20)17-10-22(16-5-6-16)35-24(11-17)40-13-21(29(31,32)33)25-26(28(40)41)37-23(36-25)9-15-3-2-4-15/h7-8,10-16H,2-6,9H2,1H3,(H,36,37). The van der Waals surface area contributed by atoms with E-state index in [4.69, 9.17) is 0 Å². The van der Waals surface area contributed by atoms with E-state index in [1.54, 1.807) is 23.7 Å². The van der Waals surface area contributed by atoms with Crippen molar-refractivity contribution in [3.8, 4) is 28.3 Å². The number of nitrogens with zero attached hydrogens (tertiary/aromatic N) is 6. The fraction of sp³-hybridized carbons (Fsp3) is 0.345. The summed E-state index contributed by atoms with van der Waals surface area (Å²) in [5, 5.41) is 8.03. The third-order valence-electron chi connectivity index (χ3n) is 8.03. The molecule has 7 rings (SSSR count). The molecule has 0 saturated heterocycles. The first-order valence-corrected chi connectivity index (χ1v) is 13.5. The number of aryl methyl sites for hydroxylation is 1. The second-order valence-corrected chi connectivity index (χ2v) is 11.0. The summed E-state index contributed by atoms with van der Waals surface area (Å²) in [5.41, 5.74) is 0.0155. The fourth-order valence-corrected chi connectivity index (χ4v) is 5.47. The van der Waals surface area contributed by atoms with Crippen molar-refractivity contribution in [2.24, 2.45) is 13.0 Å². The Morgan fingerprint density at radius 3 is 2.51 bits per heavy atom. The zero-order chi connectivity index (χ0) is 28.5. The minimum absolute atomic E-state index is 0.0465. The lowest BCUT2D eigenvalue weighted by Gasteiger charge is -2.23. The van der Waals surface area contributed by atoms with Crippen LogP contribution in [0.15, 0.2) is 47.7 Å². The van der Waals surface area contributed by atoms with Crippen molar-refractivity contribution in [2.75, 3.05) is 0 Å². The Labute approximate surface area is 231 Å². The zero-order valence-electron chi connectivity index (χ0n) is 22.0. The predicted molar refractivity (Wildman–Crippen MR) is 143 cm³/mol. The van der Waals surface area contributed by atoms with Crippen molar-refractivity contribution in [1.29, 1.82) is 0 Å². The number of hydrogen-bond acceptors (Lipinski definition) is 5. The molecule has 2 fully saturated rings. The summed E-state index contributed by atoms with van der Waals surface area (Å²) >= 11 is 0. The van der Waals surface area contributed by atoms with E-state index >= 15 is 0 Å². The molecular formula is C29H25F4N7O. The third-order valence-corrected chi connectivity index (χ3v) is 8.03. The maximum atomic E-state index is 14.4. The molecule has 0 aliphatic heterocycles. The highest BCUT2D eigenvalue weighted by Crippen LogP contribution is 2.42. The highest BCUT2D eigenvalue weighted by molar-refractivity contribution is 5.82. The van der Waals surface area contributed by atoms with Gasteiger partial charge in [0, 0.05) is 36.8 Å². The Balaban J connectivity index is 1.43. The lowest BCUT2D eigenvalue weighted by molar-refractivity contribution is -0.136. The summed E-state index contributed by atoms with van der Waals surface area (Å²) in [5.74, 6) is 0.841. The van der Waals surface area contributed by atoms with Gasteiger partial charge in [0.25, 0.3) is 5.56 Å². The monoisotopic (exact) mass is 563 g/mol. The lowest BCUT2D eigenvalue weighted by Crippen LogP contribution is -2.23. The Morgan fingerprint density at radius 1 is 1.05 bits per heavy atom. The minimum atomic E-state index is -4.75. The number of rotatable bonds is 6. The lowest BCUT2D eigenvalue weighted by atomic mass is 9.83. The first kappa shape index (κ1) is 25.6. The molecule has 4 heterocycles. The SMILES string of the molecule is Cn1cnnc1-c1cc(F)ccc1-c1cc(C2CC2)nc(-n2cc(C(F)(F)F)c3nc(CC4CCC4)[nH]c3c2=O)c1. The normalized spacial score (nSPS) is 15.9. The van der Waals surface area contributed by atoms with Crippen LogP contribution in [0.4, 0.5) is 17.6 Å². The molecule has 210 valence electrons. The quantitative estimate of drug-likeness (QED) is 0.258. The molecule has 0 amide bonds. The summed E-state index contributed by atoms with van der Waals surface area (Å²) in [4.78, 5) is 25.4. The van der Waals surface area contributed by atoms with Gasteiger partial charge in [-0.1, -0.05) is 25.3 Å². The van der Waals surface area contributed by atoms with Gasteiger partial charge >= 0.3 is 6.18 Å². The molecule has 2 aliphatic carbocycles. The molecule has 0 spiro atoms. The Kier molecular flexibility index (Phi) is 5.84. The number of hydrogen-bond donors (Lipinski definition) is 1. The van der Waals surface area contributed by atoms with E-state index in [1.165, 1.54) is 18.5 Å². The van der Waals surface area contributed by atoms with Crippen LogP contribution in [-0.4, -0.2) is 34.3 Å². The summed E-state index contributed by atoms with van der Waals surface area (Å²) in [6.07, 6.45) is 2.86. The Bertz CT molecular complexity index is 1860. The number of imidazole rings is 1. The fourth-order valence-electron chi connectivity index (χ4n) is 5.47. The van der Waals surface area contributed by atoms with Crippen molar-refractivity contribution in [1.82, 2.24) is 34.3 Å². The van der Waals surface area contributed by atoms with Gasteiger partial charge in [0.2, 0.25) is 0 Å². The maximum absolute atomic E-state index is 14.4. The highest BCUT2D eigenvalue weighted by atomic mass is 19.4. The number of nitrogens with one attached hydrogen (secondary N) is 1. The summed E-state index contributed by atoms with van der Waals surface area (Å²) in [7, 11) is 1.73. The molecule has 41 heavy (non-hydrogen) atoms. The molecule has 1 aromatic carbocycles. The van der Waals surface area contributed by atoms with Crippen LogP contribution in [0.5, 0.6) is 0 Å². The molecule has 0 unspecified atom stereocenters. The molecule has 4 aromatic heterocycles. The molecule has 1 N–H and O–H groups in total. The summed E-state index contributed by atoms with van der Waals surface area (Å²) < 4.78 is 59.9. The number of aromatic amines is 1. The maximum Gasteiger partial charge on any atom is 0.419 e. The van der Waals surface area contributed by atoms with Gasteiger partial charge in [-0.05, 0) is 54.2 Å². The number of pyridine rings is 2. The number of aromatic nitrogens is 7. The molecule has 2 aliphatic rings. The van der Waals surface area contributed by atoms with Crippen molar-refractivity contribution >= 4 is 11.0 Å². The second kappa shape index (κ2) is 9.35. The molecular weight excluding hydrogens is 538 g/mol. The van der Waals surface area contributed by atoms with E-state index in [-0.39, 0.29) is 22.8 Å². The Morgan fingerprint density at radius 2 is 1.85 bits per heavy atom. The first-order valence-electron chi connectivity index (χ1n) is 13.5. The average molecular weight is 564 g/mol. The van der Waals surface area contributed by atoms with E-state index in [1.807, 2.05) is 6.07 Å². The summed E-state index contributed by atoms with van der Waals surface area (Å²) in [6, 6.07) is 7.63. The van der Waals surface area contributed by atoms with Gasteiger partial charge < -0.3 is 9.55 Å². The molecule has 8 nitrogen and oxygen atoms in total. The average Bonchev–Trinajstić information content (AvgIpc) is 3.53. The third kappa shape index (κ3) is 4.60. The predicted octanol–water partition coefficient (Wildman–Crippen LogP) is 5.95. The van der Waals surface area contributed by atoms with E-state index < -0.39 is 23.1 Å². The van der Waals surface area contributed by atoms with Crippen molar-refractivity contribution in [3.05, 3.63) is 76.1 Å². The van der Waals surface area contributed by atoms with Crippen molar-refractivity contribution < 1.29 is 17.6 Å². The second-order valence-electron chi connectivity index (χ2n) is 11.0. The van der Waals surface area contributed by atoms with Gasteiger partial charge in [-0.3, -0.25) is 9.36 Å². The number of benzene rings is 1. The molecule has 0 bridgehead atoms. The number of halogens is 4. The van der Waals surface area contributed by atoms with Gasteiger partial charge in [0.15, 0.2) is 5.82 Å². The molecule has 12 heteroatoms. The molecule has 0 atom stereocenters. The smallest absolute Gasteiger partial charge is 0.337 e. The van der Waals surface area contributed by atoms with Crippen LogP contribution in [0.3, 0.4) is 0 Å². The molecule has 2 saturated carbocycles. The first-order chi connectivity index (χ1) is 19.7. The number of H-pyrrole nitrogens is 1.